The fraction of sp³-hybridized carbons (Fsp3) is 0.529. The topological polar surface area (TPSA) is 47.9 Å². The number of hydrogen-bond donors (Lipinski definition) is 1. The third-order valence-electron chi connectivity index (χ3n) is 3.37. The van der Waals surface area contributed by atoms with Crippen molar-refractivity contribution in [1.29, 1.82) is 0 Å². The number of benzene rings is 1. The lowest BCUT2D eigenvalue weighted by Crippen LogP contribution is -2.40. The van der Waals surface area contributed by atoms with Crippen LogP contribution in [0.5, 0.6) is 0 Å². The van der Waals surface area contributed by atoms with Crippen LogP contribution in [0.3, 0.4) is 0 Å². The first kappa shape index (κ1) is 22.6. The Kier molecular flexibility index (Phi) is 11.4. The van der Waals surface area contributed by atoms with Crippen molar-refractivity contribution in [2.45, 2.75) is 26.3 Å². The van der Waals surface area contributed by atoms with Crippen LogP contribution in [0.4, 0.5) is 4.39 Å². The molecule has 0 aliphatic rings. The zero-order chi connectivity index (χ0) is 17.2. The van der Waals surface area contributed by atoms with E-state index in [1.165, 1.54) is 17.0 Å². The average molecular weight is 450 g/mol. The van der Waals surface area contributed by atoms with E-state index in [4.69, 9.17) is 0 Å². The predicted molar refractivity (Wildman–Crippen MR) is 107 cm³/mol. The molecule has 1 amide bonds. The van der Waals surface area contributed by atoms with Crippen LogP contribution >= 0.6 is 24.0 Å². The zero-order valence-corrected chi connectivity index (χ0v) is 17.2. The molecule has 0 saturated carbocycles. The van der Waals surface area contributed by atoms with E-state index in [0.717, 1.165) is 24.9 Å². The van der Waals surface area contributed by atoms with Gasteiger partial charge in [-0.3, -0.25) is 4.79 Å². The summed E-state index contributed by atoms with van der Waals surface area (Å²) in [6.07, 6.45) is 2.11. The van der Waals surface area contributed by atoms with Gasteiger partial charge < -0.3 is 15.1 Å². The lowest BCUT2D eigenvalue weighted by molar-refractivity contribution is -0.127. The molecule has 0 aliphatic carbocycles. The van der Waals surface area contributed by atoms with E-state index < -0.39 is 0 Å². The molecule has 1 rings (SSSR count). The highest BCUT2D eigenvalue weighted by molar-refractivity contribution is 14.0. The molecular formula is C17H28FIN4O. The molecule has 0 radical (unpaired) electrons. The van der Waals surface area contributed by atoms with Crippen LogP contribution < -0.4 is 5.32 Å². The summed E-state index contributed by atoms with van der Waals surface area (Å²) >= 11 is 0. The van der Waals surface area contributed by atoms with E-state index in [1.54, 1.807) is 26.2 Å². The van der Waals surface area contributed by atoms with Crippen molar-refractivity contribution >= 4 is 35.8 Å². The fourth-order valence-corrected chi connectivity index (χ4v) is 1.91. The van der Waals surface area contributed by atoms with E-state index in [-0.39, 0.29) is 42.2 Å². The Bertz CT molecular complexity index is 520. The molecule has 0 aromatic heterocycles. The highest BCUT2D eigenvalue weighted by Crippen LogP contribution is 2.06. The highest BCUT2D eigenvalue weighted by Gasteiger charge is 2.09. The van der Waals surface area contributed by atoms with Gasteiger partial charge in [-0.05, 0) is 24.1 Å². The molecule has 0 bridgehead atoms. The molecule has 0 heterocycles. The average Bonchev–Trinajstić information content (AvgIpc) is 2.52. The number of hydrogen-bond acceptors (Lipinski definition) is 2. The molecule has 0 fully saturated rings. The molecule has 1 aromatic carbocycles. The van der Waals surface area contributed by atoms with E-state index in [1.807, 2.05) is 11.9 Å². The van der Waals surface area contributed by atoms with E-state index in [0.29, 0.717) is 12.5 Å². The first-order chi connectivity index (χ1) is 10.9. The van der Waals surface area contributed by atoms with Crippen molar-refractivity contribution in [3.05, 3.63) is 35.6 Å². The lowest BCUT2D eigenvalue weighted by atomic mass is 10.2. The minimum atomic E-state index is -0.247. The summed E-state index contributed by atoms with van der Waals surface area (Å²) in [5.41, 5.74) is 0.984. The normalized spacial score (nSPS) is 10.8. The maximum absolute atomic E-state index is 13.0. The predicted octanol–water partition coefficient (Wildman–Crippen LogP) is 2.71. The lowest BCUT2D eigenvalue weighted by Gasteiger charge is -2.23. The first-order valence-corrected chi connectivity index (χ1v) is 7.88. The largest absolute Gasteiger partial charge is 0.356 e. The van der Waals surface area contributed by atoms with E-state index >= 15 is 0 Å². The number of carbonyl (C=O) groups excluding carboxylic acids is 1. The summed E-state index contributed by atoms with van der Waals surface area (Å²) in [6, 6.07) is 6.39. The molecule has 0 aliphatic heterocycles. The summed E-state index contributed by atoms with van der Waals surface area (Å²) in [4.78, 5) is 19.6. The monoisotopic (exact) mass is 450 g/mol. The molecular weight excluding hydrogens is 422 g/mol. The number of likely N-dealkylation sites (N-methyl/N-ethyl adjacent to an activating group) is 1. The second kappa shape index (κ2) is 12.0. The van der Waals surface area contributed by atoms with Crippen molar-refractivity contribution < 1.29 is 9.18 Å². The third kappa shape index (κ3) is 8.47. The Hall–Kier alpha value is -1.38. The molecule has 1 N–H and O–H groups in total. The number of carbonyl (C=O) groups is 1. The molecule has 0 atom stereocenters. The number of nitrogens with one attached hydrogen (secondary N) is 1. The molecule has 7 heteroatoms. The number of unbranched alkanes of at least 4 members (excludes halogenated alkanes) is 1. The second-order valence-electron chi connectivity index (χ2n) is 5.69. The highest BCUT2D eigenvalue weighted by atomic mass is 127. The molecule has 0 saturated heterocycles. The maximum Gasteiger partial charge on any atom is 0.243 e. The number of rotatable bonds is 7. The van der Waals surface area contributed by atoms with Crippen LogP contribution in [-0.2, 0) is 11.3 Å². The van der Waals surface area contributed by atoms with Gasteiger partial charge in [-0.1, -0.05) is 25.5 Å². The third-order valence-corrected chi connectivity index (χ3v) is 3.37. The fourth-order valence-electron chi connectivity index (χ4n) is 1.91. The number of amides is 1. The van der Waals surface area contributed by atoms with Crippen molar-refractivity contribution in [2.75, 3.05) is 34.2 Å². The summed E-state index contributed by atoms with van der Waals surface area (Å²) in [5, 5.41) is 3.28. The Morgan fingerprint density at radius 2 is 1.83 bits per heavy atom. The molecule has 1 aromatic rings. The molecule has 136 valence electrons. The molecule has 5 nitrogen and oxygen atoms in total. The number of guanidine groups is 1. The van der Waals surface area contributed by atoms with Crippen LogP contribution in [0.1, 0.15) is 25.3 Å². The van der Waals surface area contributed by atoms with Gasteiger partial charge in [-0.15, -0.1) is 24.0 Å². The van der Waals surface area contributed by atoms with Gasteiger partial charge in [0.15, 0.2) is 5.96 Å². The SMILES string of the molecule is CCCCNC(=NCC(=O)N(C)C)N(C)Cc1ccc(F)cc1.I. The quantitative estimate of drug-likeness (QED) is 0.301. The molecule has 0 spiro atoms. The van der Waals surface area contributed by atoms with Gasteiger partial charge in [0.1, 0.15) is 12.4 Å². The van der Waals surface area contributed by atoms with Crippen LogP contribution in [0.15, 0.2) is 29.3 Å². The van der Waals surface area contributed by atoms with Gasteiger partial charge in [-0.2, -0.15) is 0 Å². The van der Waals surface area contributed by atoms with Gasteiger partial charge in [0, 0.05) is 34.2 Å². The van der Waals surface area contributed by atoms with Crippen molar-refractivity contribution in [3.8, 4) is 0 Å². The second-order valence-corrected chi connectivity index (χ2v) is 5.69. The number of nitrogens with zero attached hydrogens (tertiary/aromatic N) is 3. The number of aliphatic imine (C=N–C) groups is 1. The first-order valence-electron chi connectivity index (χ1n) is 7.88. The molecule has 24 heavy (non-hydrogen) atoms. The number of halogens is 2. The molecule has 0 unspecified atom stereocenters. The smallest absolute Gasteiger partial charge is 0.243 e. The van der Waals surface area contributed by atoms with Gasteiger partial charge >= 0.3 is 0 Å². The summed E-state index contributed by atoms with van der Waals surface area (Å²) in [5.74, 6) is 0.385. The van der Waals surface area contributed by atoms with E-state index in [2.05, 4.69) is 17.2 Å². The minimum Gasteiger partial charge on any atom is -0.356 e. The van der Waals surface area contributed by atoms with Crippen LogP contribution in [0.25, 0.3) is 0 Å². The summed E-state index contributed by atoms with van der Waals surface area (Å²) in [6.45, 7) is 3.62. The Labute approximate surface area is 161 Å². The van der Waals surface area contributed by atoms with Crippen molar-refractivity contribution in [2.24, 2.45) is 4.99 Å². The maximum atomic E-state index is 13.0. The minimum absolute atomic E-state index is 0. The van der Waals surface area contributed by atoms with Gasteiger partial charge in [0.25, 0.3) is 0 Å². The van der Waals surface area contributed by atoms with Gasteiger partial charge in [0.2, 0.25) is 5.91 Å². The Morgan fingerprint density at radius 3 is 2.38 bits per heavy atom. The van der Waals surface area contributed by atoms with Gasteiger partial charge in [0.05, 0.1) is 0 Å². The summed E-state index contributed by atoms with van der Waals surface area (Å²) in [7, 11) is 5.33. The summed E-state index contributed by atoms with van der Waals surface area (Å²) < 4.78 is 13.0. The van der Waals surface area contributed by atoms with E-state index in [9.17, 15) is 9.18 Å². The standard InChI is InChI=1S/C17H27FN4O.HI/c1-5-6-11-19-17(20-12-16(23)21(2)3)22(4)13-14-7-9-15(18)10-8-14;/h7-10H,5-6,11-13H2,1-4H3,(H,19,20);1H. The van der Waals surface area contributed by atoms with Crippen molar-refractivity contribution in [1.82, 2.24) is 15.1 Å². The van der Waals surface area contributed by atoms with Crippen LogP contribution in [0, 0.1) is 5.82 Å². The zero-order valence-electron chi connectivity index (χ0n) is 14.9. The van der Waals surface area contributed by atoms with Gasteiger partial charge in [-0.25, -0.2) is 9.38 Å². The van der Waals surface area contributed by atoms with Crippen molar-refractivity contribution in [3.63, 3.8) is 0 Å². The Morgan fingerprint density at radius 1 is 1.21 bits per heavy atom. The Balaban J connectivity index is 0.00000529. The van der Waals surface area contributed by atoms with Crippen LogP contribution in [-0.4, -0.2) is 55.9 Å². The van der Waals surface area contributed by atoms with Crippen LogP contribution in [0.2, 0.25) is 0 Å².